The number of para-hydroxylation sites is 1. The number of nitrogens with one attached hydrogen (secondary N) is 1. The van der Waals surface area contributed by atoms with Crippen LogP contribution in [-0.2, 0) is 4.79 Å². The molecule has 1 N–H and O–H groups in total. The van der Waals surface area contributed by atoms with Crippen molar-refractivity contribution in [2.24, 2.45) is 5.10 Å². The van der Waals surface area contributed by atoms with Crippen LogP contribution in [0.3, 0.4) is 0 Å². The standard InChI is InChI=1S/C31H27N5O3S/c1-22-11-13-24(14-12-22)30-34-35-31(36(30)25-15-17-26(38-2)18-16-25)40-21-29(37)33-32-20-23-7-6-10-28(19-23)39-27-8-4-3-5-9-27/h3-20H,21H2,1-2H3,(H,33,37)/b32-20+. The van der Waals surface area contributed by atoms with E-state index in [9.17, 15) is 4.79 Å². The molecule has 0 unspecified atom stereocenters. The van der Waals surface area contributed by atoms with E-state index >= 15 is 0 Å². The lowest BCUT2D eigenvalue weighted by Gasteiger charge is -2.11. The third-order valence-corrected chi connectivity index (χ3v) is 6.77. The van der Waals surface area contributed by atoms with Gasteiger partial charge >= 0.3 is 0 Å². The number of carbonyl (C=O) groups excluding carboxylic acids is 1. The van der Waals surface area contributed by atoms with Crippen LogP contribution in [0.25, 0.3) is 17.1 Å². The summed E-state index contributed by atoms with van der Waals surface area (Å²) in [7, 11) is 1.63. The first-order valence-electron chi connectivity index (χ1n) is 12.5. The molecule has 200 valence electrons. The summed E-state index contributed by atoms with van der Waals surface area (Å²) in [4.78, 5) is 12.6. The number of nitrogens with zero attached hydrogens (tertiary/aromatic N) is 4. The number of benzene rings is 4. The van der Waals surface area contributed by atoms with E-state index in [0.717, 1.165) is 33.9 Å². The third kappa shape index (κ3) is 6.75. The van der Waals surface area contributed by atoms with Gasteiger partial charge in [-0.25, -0.2) is 5.43 Å². The van der Waals surface area contributed by atoms with Gasteiger partial charge in [0.1, 0.15) is 17.2 Å². The molecule has 0 saturated heterocycles. The van der Waals surface area contributed by atoms with Crippen LogP contribution in [0.5, 0.6) is 17.2 Å². The van der Waals surface area contributed by atoms with Crippen molar-refractivity contribution in [1.82, 2.24) is 20.2 Å². The van der Waals surface area contributed by atoms with Gasteiger partial charge in [0, 0.05) is 11.3 Å². The Kier molecular flexibility index (Phi) is 8.53. The molecule has 0 atom stereocenters. The highest BCUT2D eigenvalue weighted by Crippen LogP contribution is 2.29. The van der Waals surface area contributed by atoms with Crippen LogP contribution >= 0.6 is 11.8 Å². The van der Waals surface area contributed by atoms with Gasteiger partial charge in [-0.15, -0.1) is 10.2 Å². The Bertz CT molecular complexity index is 1600. The van der Waals surface area contributed by atoms with Crippen LogP contribution in [-0.4, -0.2) is 39.7 Å². The van der Waals surface area contributed by atoms with Crippen LogP contribution < -0.4 is 14.9 Å². The predicted octanol–water partition coefficient (Wildman–Crippen LogP) is 6.29. The maximum absolute atomic E-state index is 12.6. The topological polar surface area (TPSA) is 90.6 Å². The highest BCUT2D eigenvalue weighted by molar-refractivity contribution is 7.99. The first-order valence-corrected chi connectivity index (χ1v) is 13.5. The average Bonchev–Trinajstić information content (AvgIpc) is 3.41. The Labute approximate surface area is 236 Å². The Balaban J connectivity index is 1.26. The molecule has 0 bridgehead atoms. The fourth-order valence-electron chi connectivity index (χ4n) is 3.84. The van der Waals surface area contributed by atoms with E-state index in [0.29, 0.717) is 16.7 Å². The number of methoxy groups -OCH3 is 1. The molecule has 0 aliphatic carbocycles. The average molecular weight is 550 g/mol. The number of hydrogen-bond acceptors (Lipinski definition) is 7. The van der Waals surface area contributed by atoms with Crippen LogP contribution in [0.2, 0.25) is 0 Å². The zero-order valence-corrected chi connectivity index (χ0v) is 22.8. The van der Waals surface area contributed by atoms with Crippen molar-refractivity contribution in [3.63, 3.8) is 0 Å². The molecule has 0 aliphatic rings. The zero-order chi connectivity index (χ0) is 27.7. The second-order valence-electron chi connectivity index (χ2n) is 8.78. The first-order chi connectivity index (χ1) is 19.6. The van der Waals surface area contributed by atoms with Crippen molar-refractivity contribution >= 4 is 23.9 Å². The lowest BCUT2D eigenvalue weighted by molar-refractivity contribution is -0.118. The number of hydrogen-bond donors (Lipinski definition) is 1. The molecule has 0 radical (unpaired) electrons. The maximum atomic E-state index is 12.6. The van der Waals surface area contributed by atoms with Crippen molar-refractivity contribution in [1.29, 1.82) is 0 Å². The largest absolute Gasteiger partial charge is 0.497 e. The van der Waals surface area contributed by atoms with Gasteiger partial charge in [-0.2, -0.15) is 5.10 Å². The summed E-state index contributed by atoms with van der Waals surface area (Å²) >= 11 is 1.28. The second kappa shape index (κ2) is 12.8. The number of ether oxygens (including phenoxy) is 2. The number of carbonyl (C=O) groups is 1. The van der Waals surface area contributed by atoms with Gasteiger partial charge in [0.15, 0.2) is 11.0 Å². The monoisotopic (exact) mass is 549 g/mol. The molecule has 5 aromatic rings. The molecule has 1 heterocycles. The summed E-state index contributed by atoms with van der Waals surface area (Å²) in [5.41, 5.74) is 6.32. The van der Waals surface area contributed by atoms with Gasteiger partial charge in [0.05, 0.1) is 19.1 Å². The van der Waals surface area contributed by atoms with Gasteiger partial charge < -0.3 is 9.47 Å². The quantitative estimate of drug-likeness (QED) is 0.125. The highest BCUT2D eigenvalue weighted by Gasteiger charge is 2.17. The number of aromatic nitrogens is 3. The Morgan fingerprint density at radius 3 is 2.40 bits per heavy atom. The molecule has 8 nitrogen and oxygen atoms in total. The molecule has 9 heteroatoms. The van der Waals surface area contributed by atoms with Crippen molar-refractivity contribution < 1.29 is 14.3 Å². The molecule has 4 aromatic carbocycles. The fourth-order valence-corrected chi connectivity index (χ4v) is 4.59. The van der Waals surface area contributed by atoms with E-state index in [1.807, 2.05) is 115 Å². The minimum atomic E-state index is -0.265. The van der Waals surface area contributed by atoms with Crippen LogP contribution in [0.4, 0.5) is 0 Å². The van der Waals surface area contributed by atoms with Crippen molar-refractivity contribution in [3.05, 3.63) is 114 Å². The summed E-state index contributed by atoms with van der Waals surface area (Å²) in [6.07, 6.45) is 1.58. The van der Waals surface area contributed by atoms with E-state index in [-0.39, 0.29) is 11.7 Å². The zero-order valence-electron chi connectivity index (χ0n) is 22.0. The van der Waals surface area contributed by atoms with Crippen LogP contribution in [0, 0.1) is 6.92 Å². The molecule has 0 aliphatic heterocycles. The minimum Gasteiger partial charge on any atom is -0.497 e. The van der Waals surface area contributed by atoms with Crippen LogP contribution in [0.15, 0.2) is 113 Å². The molecule has 40 heavy (non-hydrogen) atoms. The number of aryl methyl sites for hydroxylation is 1. The van der Waals surface area contributed by atoms with Crippen LogP contribution in [0.1, 0.15) is 11.1 Å². The van der Waals surface area contributed by atoms with Gasteiger partial charge in [-0.1, -0.05) is 71.9 Å². The molecule has 0 saturated carbocycles. The molecule has 1 aromatic heterocycles. The van der Waals surface area contributed by atoms with Gasteiger partial charge in [0.2, 0.25) is 0 Å². The first kappa shape index (κ1) is 26.7. The molecular formula is C31H27N5O3S. The Morgan fingerprint density at radius 2 is 1.65 bits per heavy atom. The molecule has 0 fully saturated rings. The van der Waals surface area contributed by atoms with E-state index in [1.54, 1.807) is 13.3 Å². The fraction of sp³-hybridized carbons (Fsp3) is 0.0968. The van der Waals surface area contributed by atoms with Crippen molar-refractivity contribution in [3.8, 4) is 34.3 Å². The van der Waals surface area contributed by atoms with Gasteiger partial charge in [0.25, 0.3) is 5.91 Å². The maximum Gasteiger partial charge on any atom is 0.250 e. The summed E-state index contributed by atoms with van der Waals surface area (Å²) in [6.45, 7) is 2.04. The number of thioether (sulfide) groups is 1. The molecule has 1 amide bonds. The smallest absolute Gasteiger partial charge is 0.250 e. The van der Waals surface area contributed by atoms with Crippen molar-refractivity contribution in [2.75, 3.05) is 12.9 Å². The van der Waals surface area contributed by atoms with E-state index in [1.165, 1.54) is 11.8 Å². The second-order valence-corrected chi connectivity index (χ2v) is 9.72. The van der Waals surface area contributed by atoms with Gasteiger partial charge in [-0.05, 0) is 61.0 Å². The molecular weight excluding hydrogens is 522 g/mol. The van der Waals surface area contributed by atoms with Crippen molar-refractivity contribution in [2.45, 2.75) is 12.1 Å². The Hall–Kier alpha value is -4.89. The SMILES string of the molecule is COc1ccc(-n2c(SCC(=O)N/N=C/c3cccc(Oc4ccccc4)c3)nnc2-c2ccc(C)cc2)cc1. The lowest BCUT2D eigenvalue weighted by Crippen LogP contribution is -2.20. The van der Waals surface area contributed by atoms with E-state index in [2.05, 4.69) is 20.7 Å². The molecule has 0 spiro atoms. The molecule has 5 rings (SSSR count). The summed E-state index contributed by atoms with van der Waals surface area (Å²) < 4.78 is 13.1. The Morgan fingerprint density at radius 1 is 0.900 bits per heavy atom. The number of hydrazone groups is 1. The predicted molar refractivity (Wildman–Crippen MR) is 158 cm³/mol. The number of amides is 1. The summed E-state index contributed by atoms with van der Waals surface area (Å²) in [5.74, 6) is 2.70. The lowest BCUT2D eigenvalue weighted by atomic mass is 10.1. The third-order valence-electron chi connectivity index (χ3n) is 5.85. The normalized spacial score (nSPS) is 10.9. The summed E-state index contributed by atoms with van der Waals surface area (Å²) in [5, 5.41) is 13.5. The highest BCUT2D eigenvalue weighted by atomic mass is 32.2. The number of rotatable bonds is 10. The van der Waals surface area contributed by atoms with E-state index in [4.69, 9.17) is 9.47 Å². The van der Waals surface area contributed by atoms with Gasteiger partial charge in [-0.3, -0.25) is 9.36 Å². The summed E-state index contributed by atoms with van der Waals surface area (Å²) in [6, 6.07) is 32.7. The van der Waals surface area contributed by atoms with E-state index < -0.39 is 0 Å². The minimum absolute atomic E-state index is 0.108.